The molecule has 1 atom stereocenters. The molecule has 1 aromatic rings. The predicted molar refractivity (Wildman–Crippen MR) is 74.2 cm³/mol. The first-order chi connectivity index (χ1) is 9.02. The van der Waals surface area contributed by atoms with Crippen molar-refractivity contribution >= 4 is 17.6 Å². The summed E-state index contributed by atoms with van der Waals surface area (Å²) in [6.45, 7) is 3.59. The van der Waals surface area contributed by atoms with Gasteiger partial charge in [-0.05, 0) is 31.0 Å². The smallest absolute Gasteiger partial charge is 0.320 e. The van der Waals surface area contributed by atoms with E-state index >= 15 is 0 Å². The van der Waals surface area contributed by atoms with Gasteiger partial charge < -0.3 is 10.4 Å². The molecule has 0 aliphatic heterocycles. The Labute approximate surface area is 113 Å². The fourth-order valence-corrected chi connectivity index (χ4v) is 1.58. The number of nitrogens with one attached hydrogen (secondary N) is 2. The number of anilines is 1. The highest BCUT2D eigenvalue weighted by molar-refractivity contribution is 5.92. The Morgan fingerprint density at radius 3 is 2.42 bits per heavy atom. The molecule has 104 valence electrons. The number of hydrogen-bond donors (Lipinski definition) is 3. The zero-order valence-corrected chi connectivity index (χ0v) is 11.3. The average molecular weight is 264 g/mol. The summed E-state index contributed by atoms with van der Waals surface area (Å²) in [5.41, 5.74) is 1.95. The van der Waals surface area contributed by atoms with Crippen LogP contribution in [0, 0.1) is 0 Å². The van der Waals surface area contributed by atoms with Gasteiger partial charge in [-0.2, -0.15) is 0 Å². The van der Waals surface area contributed by atoms with Crippen molar-refractivity contribution in [3.05, 3.63) is 29.8 Å². The number of hydrogen-bond acceptors (Lipinski definition) is 3. The number of carbonyl (C=O) groups is 2. The van der Waals surface area contributed by atoms with Gasteiger partial charge >= 0.3 is 5.97 Å². The van der Waals surface area contributed by atoms with Gasteiger partial charge in [0.1, 0.15) is 6.04 Å². The topological polar surface area (TPSA) is 78.4 Å². The minimum Gasteiger partial charge on any atom is -0.480 e. The van der Waals surface area contributed by atoms with Crippen molar-refractivity contribution in [3.63, 3.8) is 0 Å². The van der Waals surface area contributed by atoms with E-state index in [2.05, 4.69) is 17.6 Å². The summed E-state index contributed by atoms with van der Waals surface area (Å²) in [6.07, 6.45) is 2.11. The molecular weight excluding hydrogens is 244 g/mol. The molecule has 0 spiro atoms. The third-order valence-corrected chi connectivity index (χ3v) is 2.72. The van der Waals surface area contributed by atoms with Gasteiger partial charge in [-0.25, -0.2) is 0 Å². The third-order valence-electron chi connectivity index (χ3n) is 2.72. The molecule has 0 saturated carbocycles. The van der Waals surface area contributed by atoms with Crippen LogP contribution >= 0.6 is 0 Å². The van der Waals surface area contributed by atoms with E-state index in [1.165, 1.54) is 12.5 Å². The van der Waals surface area contributed by atoms with Crippen molar-refractivity contribution in [2.45, 2.75) is 32.7 Å². The van der Waals surface area contributed by atoms with Crippen molar-refractivity contribution in [2.75, 3.05) is 11.9 Å². The summed E-state index contributed by atoms with van der Waals surface area (Å²) in [7, 11) is 0. The molecule has 0 aliphatic rings. The molecule has 1 aromatic carbocycles. The molecule has 5 heteroatoms. The molecule has 0 fully saturated rings. The second kappa shape index (κ2) is 7.53. The zero-order chi connectivity index (χ0) is 14.3. The molecule has 5 nitrogen and oxygen atoms in total. The van der Waals surface area contributed by atoms with E-state index in [4.69, 9.17) is 5.11 Å². The summed E-state index contributed by atoms with van der Waals surface area (Å²) in [5, 5.41) is 14.0. The van der Waals surface area contributed by atoms with Gasteiger partial charge in [0.15, 0.2) is 0 Å². The highest BCUT2D eigenvalue weighted by Crippen LogP contribution is 2.10. The maximum atomic E-state index is 11.6. The number of carboxylic acids is 1. The highest BCUT2D eigenvalue weighted by atomic mass is 16.4. The number of aliphatic carboxylic acids is 1. The van der Waals surface area contributed by atoms with Crippen LogP contribution < -0.4 is 10.6 Å². The maximum absolute atomic E-state index is 11.6. The van der Waals surface area contributed by atoms with Crippen molar-refractivity contribution in [1.82, 2.24) is 5.32 Å². The number of rotatable bonds is 7. The minimum absolute atomic E-state index is 0.0236. The summed E-state index contributed by atoms with van der Waals surface area (Å²) in [5.74, 6) is -1.23. The number of aryl methyl sites for hydroxylation is 1. The molecule has 1 rings (SSSR count). The van der Waals surface area contributed by atoms with Gasteiger partial charge in [0.2, 0.25) is 5.91 Å². The van der Waals surface area contributed by atoms with Crippen molar-refractivity contribution in [2.24, 2.45) is 0 Å². The first-order valence-corrected chi connectivity index (χ1v) is 6.38. The van der Waals surface area contributed by atoms with Crippen LogP contribution in [0.2, 0.25) is 0 Å². The second-order valence-corrected chi connectivity index (χ2v) is 4.44. The SMILES string of the molecule is CCCc1ccc(NC(=O)CN[C@@H](C)C(=O)O)cc1. The van der Waals surface area contributed by atoms with Crippen molar-refractivity contribution in [3.8, 4) is 0 Å². The maximum Gasteiger partial charge on any atom is 0.320 e. The quantitative estimate of drug-likeness (QED) is 0.699. The molecule has 0 aromatic heterocycles. The van der Waals surface area contributed by atoms with Crippen LogP contribution in [0.3, 0.4) is 0 Å². The van der Waals surface area contributed by atoms with E-state index in [9.17, 15) is 9.59 Å². The zero-order valence-electron chi connectivity index (χ0n) is 11.3. The van der Waals surface area contributed by atoms with Crippen molar-refractivity contribution in [1.29, 1.82) is 0 Å². The first-order valence-electron chi connectivity index (χ1n) is 6.38. The normalized spacial score (nSPS) is 11.9. The molecule has 0 radical (unpaired) electrons. The molecule has 3 N–H and O–H groups in total. The molecule has 0 saturated heterocycles. The Kier molecular flexibility index (Phi) is 6.02. The summed E-state index contributed by atoms with van der Waals surface area (Å²) >= 11 is 0. The number of amides is 1. The van der Waals surface area contributed by atoms with Crippen LogP contribution in [-0.2, 0) is 16.0 Å². The van der Waals surface area contributed by atoms with Gasteiger partial charge in [-0.15, -0.1) is 0 Å². The number of carbonyl (C=O) groups excluding carboxylic acids is 1. The monoisotopic (exact) mass is 264 g/mol. The van der Waals surface area contributed by atoms with E-state index in [1.807, 2.05) is 24.3 Å². The Bertz CT molecular complexity index is 429. The number of benzene rings is 1. The van der Waals surface area contributed by atoms with Crippen LogP contribution in [0.1, 0.15) is 25.8 Å². The Morgan fingerprint density at radius 2 is 1.89 bits per heavy atom. The largest absolute Gasteiger partial charge is 0.480 e. The molecule has 0 unspecified atom stereocenters. The standard InChI is InChI=1S/C14H20N2O3/c1-3-4-11-5-7-12(8-6-11)16-13(17)9-15-10(2)14(18)19/h5-8,10,15H,3-4,9H2,1-2H3,(H,16,17)(H,18,19)/t10-/m0/s1. The fraction of sp³-hybridized carbons (Fsp3) is 0.429. The first kappa shape index (κ1) is 15.2. The summed E-state index contributed by atoms with van der Waals surface area (Å²) in [4.78, 5) is 22.2. The molecule has 1 amide bonds. The fourth-order valence-electron chi connectivity index (χ4n) is 1.58. The van der Waals surface area contributed by atoms with E-state index in [0.717, 1.165) is 18.5 Å². The van der Waals surface area contributed by atoms with Gasteiger partial charge in [0.25, 0.3) is 0 Å². The van der Waals surface area contributed by atoms with E-state index < -0.39 is 12.0 Å². The minimum atomic E-state index is -0.975. The number of carboxylic acid groups (broad SMARTS) is 1. The lowest BCUT2D eigenvalue weighted by molar-refractivity contribution is -0.139. The molecule has 0 aliphatic carbocycles. The Balaban J connectivity index is 2.41. The molecule has 19 heavy (non-hydrogen) atoms. The van der Waals surface area contributed by atoms with Gasteiger partial charge in [-0.1, -0.05) is 25.5 Å². The van der Waals surface area contributed by atoms with Crippen LogP contribution in [0.4, 0.5) is 5.69 Å². The molecule has 0 heterocycles. The summed E-state index contributed by atoms with van der Waals surface area (Å²) in [6, 6.07) is 6.92. The van der Waals surface area contributed by atoms with E-state index in [-0.39, 0.29) is 12.5 Å². The van der Waals surface area contributed by atoms with Crippen LogP contribution in [0.15, 0.2) is 24.3 Å². The lowest BCUT2D eigenvalue weighted by Crippen LogP contribution is -2.39. The van der Waals surface area contributed by atoms with Crippen molar-refractivity contribution < 1.29 is 14.7 Å². The van der Waals surface area contributed by atoms with Crippen LogP contribution in [0.25, 0.3) is 0 Å². The van der Waals surface area contributed by atoms with Gasteiger partial charge in [0.05, 0.1) is 6.54 Å². The lowest BCUT2D eigenvalue weighted by Gasteiger charge is -2.10. The lowest BCUT2D eigenvalue weighted by atomic mass is 10.1. The third kappa shape index (κ3) is 5.52. The average Bonchev–Trinajstić information content (AvgIpc) is 2.38. The van der Waals surface area contributed by atoms with Gasteiger partial charge in [-0.3, -0.25) is 14.9 Å². The van der Waals surface area contributed by atoms with Crippen LogP contribution in [0.5, 0.6) is 0 Å². The highest BCUT2D eigenvalue weighted by Gasteiger charge is 2.11. The predicted octanol–water partition coefficient (Wildman–Crippen LogP) is 1.64. The Hall–Kier alpha value is -1.88. The van der Waals surface area contributed by atoms with Crippen LogP contribution in [-0.4, -0.2) is 29.6 Å². The van der Waals surface area contributed by atoms with Gasteiger partial charge in [0, 0.05) is 5.69 Å². The van der Waals surface area contributed by atoms with E-state index in [1.54, 1.807) is 0 Å². The molecule has 0 bridgehead atoms. The Morgan fingerprint density at radius 1 is 1.26 bits per heavy atom. The summed E-state index contributed by atoms with van der Waals surface area (Å²) < 4.78 is 0. The molecular formula is C14H20N2O3. The van der Waals surface area contributed by atoms with E-state index in [0.29, 0.717) is 0 Å². The second-order valence-electron chi connectivity index (χ2n) is 4.44.